The highest BCUT2D eigenvalue weighted by Gasteiger charge is 2.12. The van der Waals surface area contributed by atoms with Crippen LogP contribution in [0.15, 0.2) is 48.5 Å². The number of carbonyl (C=O) groups is 2. The molecule has 0 atom stereocenters. The molecular weight excluding hydrogens is 342 g/mol. The fourth-order valence-electron chi connectivity index (χ4n) is 2.16. The van der Waals surface area contributed by atoms with Crippen molar-refractivity contribution < 1.29 is 19.1 Å². The zero-order valence-corrected chi connectivity index (χ0v) is 14.9. The van der Waals surface area contributed by atoms with E-state index >= 15 is 0 Å². The van der Waals surface area contributed by atoms with Crippen LogP contribution < -0.4 is 10.1 Å². The van der Waals surface area contributed by atoms with E-state index in [1.807, 2.05) is 38.1 Å². The van der Waals surface area contributed by atoms with E-state index in [9.17, 15) is 9.59 Å². The number of esters is 1. The topological polar surface area (TPSA) is 64.6 Å². The van der Waals surface area contributed by atoms with Crippen LogP contribution in [-0.4, -0.2) is 25.1 Å². The number of halogens is 1. The van der Waals surface area contributed by atoms with Crippen LogP contribution in [0.1, 0.15) is 25.3 Å². The molecule has 0 unspecified atom stereocenters. The number of amides is 1. The second-order valence-corrected chi connectivity index (χ2v) is 6.13. The molecule has 0 aromatic heterocycles. The van der Waals surface area contributed by atoms with E-state index in [2.05, 4.69) is 5.32 Å². The Hall–Kier alpha value is -2.53. The highest BCUT2D eigenvalue weighted by Crippen LogP contribution is 2.23. The highest BCUT2D eigenvalue weighted by atomic mass is 35.5. The minimum Gasteiger partial charge on any atom is -0.482 e. The maximum Gasteiger partial charge on any atom is 0.344 e. The van der Waals surface area contributed by atoms with Gasteiger partial charge in [-0.15, -0.1) is 0 Å². The fraction of sp³-hybridized carbons (Fsp3) is 0.263. The Kier molecular flexibility index (Phi) is 6.83. The third-order valence-electron chi connectivity index (χ3n) is 3.39. The fourth-order valence-corrected chi connectivity index (χ4v) is 2.29. The van der Waals surface area contributed by atoms with Crippen LogP contribution in [0.25, 0.3) is 0 Å². The van der Waals surface area contributed by atoms with Crippen molar-refractivity contribution in [2.45, 2.75) is 19.8 Å². The largest absolute Gasteiger partial charge is 0.482 e. The van der Waals surface area contributed by atoms with Crippen molar-refractivity contribution in [2.24, 2.45) is 0 Å². The predicted molar refractivity (Wildman–Crippen MR) is 97.1 cm³/mol. The van der Waals surface area contributed by atoms with E-state index in [0.29, 0.717) is 10.8 Å². The minimum absolute atomic E-state index is 0.270. The highest BCUT2D eigenvalue weighted by molar-refractivity contribution is 6.30. The van der Waals surface area contributed by atoms with Gasteiger partial charge in [0.2, 0.25) is 0 Å². The van der Waals surface area contributed by atoms with Crippen molar-refractivity contribution in [1.82, 2.24) is 0 Å². The Labute approximate surface area is 151 Å². The molecule has 0 spiro atoms. The lowest BCUT2D eigenvalue weighted by Crippen LogP contribution is -2.24. The van der Waals surface area contributed by atoms with Crippen LogP contribution in [0.4, 0.5) is 5.69 Å². The van der Waals surface area contributed by atoms with Crippen molar-refractivity contribution >= 4 is 29.2 Å². The summed E-state index contributed by atoms with van der Waals surface area (Å²) >= 11 is 5.76. The molecule has 1 N–H and O–H groups in total. The van der Waals surface area contributed by atoms with Gasteiger partial charge in [-0.1, -0.05) is 43.6 Å². The second kappa shape index (κ2) is 9.08. The summed E-state index contributed by atoms with van der Waals surface area (Å²) in [6, 6.07) is 14.1. The van der Waals surface area contributed by atoms with Crippen LogP contribution in [0.5, 0.6) is 5.75 Å². The smallest absolute Gasteiger partial charge is 0.344 e. The van der Waals surface area contributed by atoms with Crippen molar-refractivity contribution in [3.05, 3.63) is 59.1 Å². The lowest BCUT2D eigenvalue weighted by Gasteiger charge is -2.13. The molecule has 0 saturated carbocycles. The Morgan fingerprint density at radius 3 is 2.40 bits per heavy atom. The summed E-state index contributed by atoms with van der Waals surface area (Å²) in [5.41, 5.74) is 1.74. The molecular formula is C19H20ClNO4. The number of benzene rings is 2. The zero-order valence-electron chi connectivity index (χ0n) is 14.1. The molecule has 5 nitrogen and oxygen atoms in total. The van der Waals surface area contributed by atoms with Crippen molar-refractivity contribution in [3.63, 3.8) is 0 Å². The van der Waals surface area contributed by atoms with Crippen molar-refractivity contribution in [2.75, 3.05) is 18.5 Å². The molecule has 0 aliphatic rings. The van der Waals surface area contributed by atoms with Gasteiger partial charge >= 0.3 is 5.97 Å². The number of ether oxygens (including phenoxy) is 2. The molecule has 2 aromatic carbocycles. The van der Waals surface area contributed by atoms with Gasteiger partial charge in [-0.25, -0.2) is 4.79 Å². The number of carbonyl (C=O) groups excluding carboxylic acids is 2. The molecule has 6 heteroatoms. The summed E-state index contributed by atoms with van der Waals surface area (Å²) in [7, 11) is 0. The third kappa shape index (κ3) is 6.12. The van der Waals surface area contributed by atoms with E-state index in [-0.39, 0.29) is 19.1 Å². The lowest BCUT2D eigenvalue weighted by atomic mass is 10.0. The van der Waals surface area contributed by atoms with E-state index in [4.69, 9.17) is 21.1 Å². The van der Waals surface area contributed by atoms with Crippen molar-refractivity contribution in [3.8, 4) is 5.75 Å². The molecule has 0 radical (unpaired) electrons. The molecule has 0 bridgehead atoms. The first-order valence-electron chi connectivity index (χ1n) is 7.88. The number of para-hydroxylation sites is 1. The third-order valence-corrected chi connectivity index (χ3v) is 3.64. The maximum absolute atomic E-state index is 12.0. The van der Waals surface area contributed by atoms with Gasteiger partial charge in [0.1, 0.15) is 5.75 Å². The second-order valence-electron chi connectivity index (χ2n) is 5.69. The molecule has 0 aliphatic carbocycles. The summed E-state index contributed by atoms with van der Waals surface area (Å²) in [5, 5.41) is 3.33. The van der Waals surface area contributed by atoms with Crippen LogP contribution in [0.3, 0.4) is 0 Å². The Morgan fingerprint density at radius 1 is 1.04 bits per heavy atom. The lowest BCUT2D eigenvalue weighted by molar-refractivity contribution is -0.149. The molecule has 25 heavy (non-hydrogen) atoms. The van der Waals surface area contributed by atoms with Gasteiger partial charge in [0.25, 0.3) is 5.91 Å². The van der Waals surface area contributed by atoms with Gasteiger partial charge in [-0.05, 0) is 41.8 Å². The maximum atomic E-state index is 12.0. The van der Waals surface area contributed by atoms with E-state index in [1.165, 1.54) is 0 Å². The predicted octanol–water partition coefficient (Wildman–Crippen LogP) is 4.02. The first-order chi connectivity index (χ1) is 12.0. The molecule has 1 amide bonds. The Morgan fingerprint density at radius 2 is 1.72 bits per heavy atom. The van der Waals surface area contributed by atoms with Crippen molar-refractivity contribution in [1.29, 1.82) is 0 Å². The first kappa shape index (κ1) is 18.8. The molecule has 0 heterocycles. The Balaban J connectivity index is 1.78. The van der Waals surface area contributed by atoms with E-state index < -0.39 is 11.9 Å². The van der Waals surface area contributed by atoms with Gasteiger partial charge in [0, 0.05) is 10.7 Å². The summed E-state index contributed by atoms with van der Waals surface area (Å²) < 4.78 is 10.2. The summed E-state index contributed by atoms with van der Waals surface area (Å²) in [4.78, 5) is 23.6. The first-order valence-corrected chi connectivity index (χ1v) is 8.26. The monoisotopic (exact) mass is 361 g/mol. The molecule has 0 fully saturated rings. The van der Waals surface area contributed by atoms with E-state index in [1.54, 1.807) is 24.3 Å². The molecule has 0 saturated heterocycles. The summed E-state index contributed by atoms with van der Waals surface area (Å²) in [6.07, 6.45) is 0. The van der Waals surface area contributed by atoms with Crippen LogP contribution in [-0.2, 0) is 14.3 Å². The number of hydrogen-bond acceptors (Lipinski definition) is 4. The summed E-state index contributed by atoms with van der Waals surface area (Å²) in [6.45, 7) is 3.44. The number of anilines is 1. The number of hydrogen-bond donors (Lipinski definition) is 1. The van der Waals surface area contributed by atoms with Gasteiger partial charge < -0.3 is 14.8 Å². The molecule has 0 aliphatic heterocycles. The van der Waals surface area contributed by atoms with Crippen LogP contribution in [0.2, 0.25) is 5.02 Å². The van der Waals surface area contributed by atoms with Gasteiger partial charge in [0.15, 0.2) is 13.2 Å². The average molecular weight is 362 g/mol. The van der Waals surface area contributed by atoms with E-state index in [0.717, 1.165) is 11.3 Å². The van der Waals surface area contributed by atoms with Gasteiger partial charge in [-0.2, -0.15) is 0 Å². The van der Waals surface area contributed by atoms with Gasteiger partial charge in [-0.3, -0.25) is 4.79 Å². The quantitative estimate of drug-likeness (QED) is 0.756. The molecule has 2 rings (SSSR count). The normalized spacial score (nSPS) is 10.4. The SMILES string of the molecule is CC(C)c1ccccc1NC(=O)COC(=O)COc1ccc(Cl)cc1. The Bertz CT molecular complexity index is 728. The molecule has 2 aromatic rings. The van der Waals surface area contributed by atoms with Crippen LogP contribution >= 0.6 is 11.6 Å². The standard InChI is InChI=1S/C19H20ClNO4/c1-13(2)16-5-3-4-6-17(16)21-18(22)11-25-19(23)12-24-15-9-7-14(20)8-10-15/h3-10,13H,11-12H2,1-2H3,(H,21,22). The number of nitrogens with one attached hydrogen (secondary N) is 1. The van der Waals surface area contributed by atoms with Gasteiger partial charge in [0.05, 0.1) is 0 Å². The molecule has 132 valence electrons. The minimum atomic E-state index is -0.623. The number of rotatable bonds is 7. The zero-order chi connectivity index (χ0) is 18.2. The average Bonchev–Trinajstić information content (AvgIpc) is 2.59. The van der Waals surface area contributed by atoms with Crippen LogP contribution in [0, 0.1) is 0 Å². The summed E-state index contributed by atoms with van der Waals surface area (Å²) in [5.74, 6) is -0.251.